The summed E-state index contributed by atoms with van der Waals surface area (Å²) in [5.41, 5.74) is 2.92. The Morgan fingerprint density at radius 1 is 0.793 bits per heavy atom. The summed E-state index contributed by atoms with van der Waals surface area (Å²) in [5.74, 6) is 0.512. The van der Waals surface area contributed by atoms with Gasteiger partial charge in [-0.25, -0.2) is 14.6 Å². The molecule has 0 amide bonds. The van der Waals surface area contributed by atoms with Crippen LogP contribution in [-0.4, -0.2) is 20.3 Å². The average Bonchev–Trinajstić information content (AvgIpc) is 3.17. The van der Waals surface area contributed by atoms with E-state index in [1.54, 1.807) is 12.1 Å². The lowest BCUT2D eigenvalue weighted by Gasteiger charge is -2.12. The van der Waals surface area contributed by atoms with Gasteiger partial charge >= 0.3 is 0 Å². The topological polar surface area (TPSA) is 112 Å². The lowest BCUT2D eigenvalue weighted by atomic mass is 10.0. The van der Waals surface area contributed by atoms with E-state index in [-0.39, 0.29) is 6.15 Å². The van der Waals surface area contributed by atoms with E-state index in [2.05, 4.69) is 37.7 Å². The van der Waals surface area contributed by atoms with E-state index in [1.165, 1.54) is 0 Å². The fourth-order valence-electron chi connectivity index (χ4n) is 3.06. The summed E-state index contributed by atoms with van der Waals surface area (Å²) >= 11 is 12.2. The predicted molar refractivity (Wildman–Crippen MR) is 115 cm³/mol. The second kappa shape index (κ2) is 7.63. The van der Waals surface area contributed by atoms with Gasteiger partial charge in [0.2, 0.25) is 11.3 Å². The van der Waals surface area contributed by atoms with Crippen molar-refractivity contribution in [3.8, 4) is 11.3 Å². The number of nitrogens with zero attached hydrogens (tertiary/aromatic N) is 4. The number of hydrogen-bond acceptors (Lipinski definition) is 7. The molecular weight excluding hydrogens is 411 g/mol. The molecule has 0 aliphatic rings. The lowest BCUT2D eigenvalue weighted by Crippen LogP contribution is -2.00. The highest BCUT2D eigenvalue weighted by atomic mass is 35.5. The van der Waals surface area contributed by atoms with Gasteiger partial charge in [-0.1, -0.05) is 65.7 Å². The molecule has 9 heteroatoms. The minimum atomic E-state index is 0. The Hall–Kier alpha value is -3.26. The van der Waals surface area contributed by atoms with Crippen molar-refractivity contribution in [2.75, 3.05) is 5.32 Å². The largest absolute Gasteiger partial charge is 0.344 e. The molecule has 5 aromatic rings. The molecule has 0 spiro atoms. The van der Waals surface area contributed by atoms with E-state index in [4.69, 9.17) is 27.8 Å². The molecule has 3 aromatic carbocycles. The van der Waals surface area contributed by atoms with Gasteiger partial charge < -0.3 is 11.5 Å². The zero-order valence-electron chi connectivity index (χ0n) is 14.9. The Morgan fingerprint density at radius 3 is 2.38 bits per heavy atom. The fraction of sp³-hybridized carbons (Fsp3) is 0. The van der Waals surface area contributed by atoms with E-state index < -0.39 is 0 Å². The Balaban J connectivity index is 0.00000205. The summed E-state index contributed by atoms with van der Waals surface area (Å²) in [6.07, 6.45) is 0. The second-order valence-corrected chi connectivity index (χ2v) is 6.93. The average molecular weight is 425 g/mol. The van der Waals surface area contributed by atoms with E-state index >= 15 is 0 Å². The van der Waals surface area contributed by atoms with Gasteiger partial charge in [-0.3, -0.25) is 0 Å². The van der Waals surface area contributed by atoms with Crippen molar-refractivity contribution in [1.82, 2.24) is 26.4 Å². The van der Waals surface area contributed by atoms with Crippen LogP contribution in [0.25, 0.3) is 33.3 Å². The predicted octanol–water partition coefficient (Wildman–Crippen LogP) is 6.05. The maximum absolute atomic E-state index is 6.15. The third-order valence-corrected chi connectivity index (χ3v) is 5.08. The smallest absolute Gasteiger partial charge is 0.245 e. The number of rotatable bonds is 3. The lowest BCUT2D eigenvalue weighted by molar-refractivity contribution is 0.314. The van der Waals surface area contributed by atoms with Crippen molar-refractivity contribution in [2.24, 2.45) is 0 Å². The Kier molecular flexibility index (Phi) is 5.02. The number of anilines is 2. The number of benzene rings is 3. The SMILES string of the molecule is Clc1ccc(Nc2nc3nonc3nc2-c2cccc3ccccc23)cc1Cl.N. The van der Waals surface area contributed by atoms with Gasteiger partial charge in [-0.15, -0.1) is 0 Å². The molecule has 144 valence electrons. The first-order chi connectivity index (χ1) is 13.7. The summed E-state index contributed by atoms with van der Waals surface area (Å²) < 4.78 is 4.79. The van der Waals surface area contributed by atoms with E-state index in [0.717, 1.165) is 22.0 Å². The minimum absolute atomic E-state index is 0. The van der Waals surface area contributed by atoms with Crippen molar-refractivity contribution >= 4 is 56.8 Å². The molecule has 7 nitrogen and oxygen atoms in total. The zero-order chi connectivity index (χ0) is 19.1. The first-order valence-electron chi connectivity index (χ1n) is 8.39. The minimum Gasteiger partial charge on any atom is -0.344 e. The van der Waals surface area contributed by atoms with Crippen LogP contribution in [0.4, 0.5) is 11.5 Å². The maximum Gasteiger partial charge on any atom is 0.245 e. The van der Waals surface area contributed by atoms with Crippen LogP contribution in [-0.2, 0) is 0 Å². The molecule has 0 aliphatic carbocycles. The molecule has 0 radical (unpaired) electrons. The molecule has 2 aromatic heterocycles. The molecular formula is C20H14Cl2N6O. The quantitative estimate of drug-likeness (QED) is 0.362. The van der Waals surface area contributed by atoms with Gasteiger partial charge in [0.1, 0.15) is 5.69 Å². The molecule has 0 bridgehead atoms. The summed E-state index contributed by atoms with van der Waals surface area (Å²) in [6.45, 7) is 0. The van der Waals surface area contributed by atoms with Crippen LogP contribution in [0.5, 0.6) is 0 Å². The second-order valence-electron chi connectivity index (χ2n) is 6.11. The van der Waals surface area contributed by atoms with Gasteiger partial charge in [-0.2, -0.15) is 0 Å². The van der Waals surface area contributed by atoms with Crippen molar-refractivity contribution in [3.05, 3.63) is 70.7 Å². The highest BCUT2D eigenvalue weighted by Gasteiger charge is 2.17. The van der Waals surface area contributed by atoms with E-state index in [0.29, 0.717) is 32.9 Å². The number of hydrogen-bond donors (Lipinski definition) is 2. The Bertz CT molecular complexity index is 1330. The number of fused-ring (bicyclic) bond motifs is 2. The summed E-state index contributed by atoms with van der Waals surface area (Å²) in [7, 11) is 0. The molecule has 0 saturated heterocycles. The maximum atomic E-state index is 6.15. The molecule has 0 fully saturated rings. The molecule has 29 heavy (non-hydrogen) atoms. The molecule has 2 heterocycles. The Morgan fingerprint density at radius 2 is 1.55 bits per heavy atom. The van der Waals surface area contributed by atoms with Crippen molar-refractivity contribution in [2.45, 2.75) is 0 Å². The van der Waals surface area contributed by atoms with Gasteiger partial charge in [-0.05, 0) is 39.3 Å². The van der Waals surface area contributed by atoms with Crippen LogP contribution in [0.3, 0.4) is 0 Å². The van der Waals surface area contributed by atoms with E-state index in [9.17, 15) is 0 Å². The number of aromatic nitrogens is 4. The van der Waals surface area contributed by atoms with E-state index in [1.807, 2.05) is 36.4 Å². The third kappa shape index (κ3) is 3.47. The van der Waals surface area contributed by atoms with Crippen LogP contribution in [0, 0.1) is 0 Å². The molecule has 0 atom stereocenters. The highest BCUT2D eigenvalue weighted by molar-refractivity contribution is 6.42. The van der Waals surface area contributed by atoms with Crippen LogP contribution in [0.15, 0.2) is 65.3 Å². The first kappa shape index (κ1) is 19.1. The molecule has 5 rings (SSSR count). The third-order valence-electron chi connectivity index (χ3n) is 4.34. The molecule has 4 N–H and O–H groups in total. The van der Waals surface area contributed by atoms with Gasteiger partial charge in [0, 0.05) is 11.3 Å². The summed E-state index contributed by atoms with van der Waals surface area (Å²) in [4.78, 5) is 9.19. The van der Waals surface area contributed by atoms with Gasteiger partial charge in [0.05, 0.1) is 10.0 Å². The normalized spacial score (nSPS) is 10.8. The summed E-state index contributed by atoms with van der Waals surface area (Å²) in [5, 5.41) is 14.0. The van der Waals surface area contributed by atoms with Crippen molar-refractivity contribution in [3.63, 3.8) is 0 Å². The number of nitrogens with one attached hydrogen (secondary N) is 1. The molecule has 0 saturated carbocycles. The Labute approximate surface area is 175 Å². The molecule has 0 aliphatic heterocycles. The zero-order valence-corrected chi connectivity index (χ0v) is 16.4. The van der Waals surface area contributed by atoms with Crippen LogP contribution in [0.2, 0.25) is 10.0 Å². The van der Waals surface area contributed by atoms with Crippen molar-refractivity contribution < 1.29 is 4.63 Å². The first-order valence-corrected chi connectivity index (χ1v) is 9.15. The number of halogens is 2. The standard InChI is InChI=1S/C20H11Cl2N5O.H3N/c21-15-9-8-12(10-16(15)22)23-18-17(24-19-20(25-18)27-28-26-19)14-7-3-5-11-4-1-2-6-13(11)14;/h1-10H,(H,23,25,27);1H3. The molecule has 0 unspecified atom stereocenters. The van der Waals surface area contributed by atoms with Gasteiger partial charge in [0.25, 0.3) is 0 Å². The van der Waals surface area contributed by atoms with Gasteiger partial charge in [0.15, 0.2) is 5.82 Å². The van der Waals surface area contributed by atoms with Crippen molar-refractivity contribution in [1.29, 1.82) is 0 Å². The summed E-state index contributed by atoms with van der Waals surface area (Å²) in [6, 6.07) is 19.4. The van der Waals surface area contributed by atoms with Crippen LogP contribution >= 0.6 is 23.2 Å². The van der Waals surface area contributed by atoms with Crippen LogP contribution < -0.4 is 11.5 Å². The fourth-order valence-corrected chi connectivity index (χ4v) is 3.35. The van der Waals surface area contributed by atoms with Crippen LogP contribution in [0.1, 0.15) is 0 Å². The highest BCUT2D eigenvalue weighted by Crippen LogP contribution is 2.34. The monoisotopic (exact) mass is 424 g/mol.